The molecule has 0 heterocycles. The molecule has 1 aromatic carbocycles. The van der Waals surface area contributed by atoms with Crippen molar-refractivity contribution >= 4 is 12.6 Å². The highest BCUT2D eigenvalue weighted by Crippen LogP contribution is 2.15. The highest BCUT2D eigenvalue weighted by molar-refractivity contribution is 7.80. The molecule has 2 heteroatoms. The third-order valence-corrected chi connectivity index (χ3v) is 1.76. The van der Waals surface area contributed by atoms with Gasteiger partial charge in [-0.15, -0.1) is 19.2 Å². The Balaban J connectivity index is 2.89. The van der Waals surface area contributed by atoms with Crippen LogP contribution in [0.2, 0.25) is 0 Å². The summed E-state index contributed by atoms with van der Waals surface area (Å²) in [6.07, 6.45) is 0.928. The van der Waals surface area contributed by atoms with Crippen molar-refractivity contribution < 1.29 is 5.11 Å². The van der Waals surface area contributed by atoms with Crippen molar-refractivity contribution in [3.05, 3.63) is 42.5 Å². The van der Waals surface area contributed by atoms with Gasteiger partial charge in [-0.3, -0.25) is 0 Å². The summed E-state index contributed by atoms with van der Waals surface area (Å²) in [6, 6.07) is 7.33. The molecule has 0 bridgehead atoms. The van der Waals surface area contributed by atoms with Gasteiger partial charge in [-0.2, -0.15) is 0 Å². The van der Waals surface area contributed by atoms with Crippen molar-refractivity contribution in [2.24, 2.45) is 0 Å². The summed E-state index contributed by atoms with van der Waals surface area (Å²) in [5, 5.41) is 9.28. The molecular weight excluding hydrogens is 156 g/mol. The Kier molecular flexibility index (Phi) is 2.74. The average molecular weight is 166 g/mol. The molecule has 0 amide bonds. The molecule has 11 heavy (non-hydrogen) atoms. The van der Waals surface area contributed by atoms with Gasteiger partial charge >= 0.3 is 0 Å². The summed E-state index contributed by atoms with van der Waals surface area (Å²) in [6.45, 7) is 3.49. The first kappa shape index (κ1) is 8.37. The van der Waals surface area contributed by atoms with Gasteiger partial charge in [0.1, 0.15) is 0 Å². The lowest BCUT2D eigenvalue weighted by Gasteiger charge is -2.04. The minimum atomic E-state index is -0.566. The van der Waals surface area contributed by atoms with Gasteiger partial charge in [-0.25, -0.2) is 0 Å². The van der Waals surface area contributed by atoms with E-state index in [1.165, 1.54) is 6.08 Å². The lowest BCUT2D eigenvalue weighted by atomic mass is 10.1. The minimum absolute atomic E-state index is 0.566. The fourth-order valence-electron chi connectivity index (χ4n) is 0.808. The first-order valence-electron chi connectivity index (χ1n) is 3.33. The van der Waals surface area contributed by atoms with Crippen molar-refractivity contribution in [1.82, 2.24) is 0 Å². The fraction of sp³-hybridized carbons (Fsp3) is 0.111. The van der Waals surface area contributed by atoms with Crippen molar-refractivity contribution in [2.45, 2.75) is 11.0 Å². The van der Waals surface area contributed by atoms with Crippen LogP contribution >= 0.6 is 12.6 Å². The van der Waals surface area contributed by atoms with E-state index >= 15 is 0 Å². The van der Waals surface area contributed by atoms with Crippen molar-refractivity contribution in [3.8, 4) is 0 Å². The maximum atomic E-state index is 9.28. The second-order valence-corrected chi connectivity index (χ2v) is 2.79. The van der Waals surface area contributed by atoms with Gasteiger partial charge in [-0.05, 0) is 17.7 Å². The molecule has 58 valence electrons. The zero-order valence-corrected chi connectivity index (χ0v) is 6.96. The standard InChI is InChI=1S/C9H10OS/c1-2-9(10)7-3-5-8(11)6-4-7/h2-6,9-11H,1H2. The van der Waals surface area contributed by atoms with Crippen LogP contribution in [0, 0.1) is 0 Å². The van der Waals surface area contributed by atoms with Gasteiger partial charge in [0.05, 0.1) is 6.10 Å². The Labute approximate surface area is 71.8 Å². The number of rotatable bonds is 2. The van der Waals surface area contributed by atoms with E-state index in [9.17, 15) is 5.11 Å². The van der Waals surface area contributed by atoms with E-state index < -0.39 is 6.10 Å². The molecule has 0 fully saturated rings. The SMILES string of the molecule is C=CC(O)c1ccc(S)cc1. The average Bonchev–Trinajstić information content (AvgIpc) is 2.05. The van der Waals surface area contributed by atoms with E-state index in [-0.39, 0.29) is 0 Å². The summed E-state index contributed by atoms with van der Waals surface area (Å²) in [5.74, 6) is 0. The number of hydrogen-bond acceptors (Lipinski definition) is 2. The molecule has 0 spiro atoms. The molecule has 0 aliphatic carbocycles. The molecule has 0 saturated heterocycles. The van der Waals surface area contributed by atoms with E-state index in [4.69, 9.17) is 0 Å². The Bertz CT molecular complexity index is 240. The molecular formula is C9H10OS. The normalized spacial score (nSPS) is 12.5. The van der Waals surface area contributed by atoms with Crippen molar-refractivity contribution in [3.63, 3.8) is 0 Å². The molecule has 1 atom stereocenters. The third-order valence-electron chi connectivity index (χ3n) is 1.46. The van der Waals surface area contributed by atoms with Crippen LogP contribution in [0.1, 0.15) is 11.7 Å². The van der Waals surface area contributed by atoms with Crippen molar-refractivity contribution in [2.75, 3.05) is 0 Å². The summed E-state index contributed by atoms with van der Waals surface area (Å²) >= 11 is 4.12. The van der Waals surface area contributed by atoms with E-state index in [1.807, 2.05) is 24.3 Å². The molecule has 1 nitrogen and oxygen atoms in total. The minimum Gasteiger partial charge on any atom is -0.384 e. The Morgan fingerprint density at radius 2 is 1.91 bits per heavy atom. The Morgan fingerprint density at radius 3 is 2.36 bits per heavy atom. The fourth-order valence-corrected chi connectivity index (χ4v) is 0.957. The van der Waals surface area contributed by atoms with Crippen LogP contribution in [-0.4, -0.2) is 5.11 Å². The first-order chi connectivity index (χ1) is 5.24. The summed E-state index contributed by atoms with van der Waals surface area (Å²) in [4.78, 5) is 0.894. The van der Waals surface area contributed by atoms with Crippen LogP contribution in [0.4, 0.5) is 0 Å². The van der Waals surface area contributed by atoms with Crippen LogP contribution in [-0.2, 0) is 0 Å². The third kappa shape index (κ3) is 2.10. The maximum absolute atomic E-state index is 9.28. The Morgan fingerprint density at radius 1 is 1.36 bits per heavy atom. The summed E-state index contributed by atoms with van der Waals surface area (Å²) in [7, 11) is 0. The van der Waals surface area contributed by atoms with E-state index in [0.29, 0.717) is 0 Å². The number of benzene rings is 1. The van der Waals surface area contributed by atoms with Gasteiger partial charge in [0.2, 0.25) is 0 Å². The van der Waals surface area contributed by atoms with Crippen LogP contribution in [0.25, 0.3) is 0 Å². The van der Waals surface area contributed by atoms with Crippen molar-refractivity contribution in [1.29, 1.82) is 0 Å². The number of aliphatic hydroxyl groups is 1. The molecule has 1 N–H and O–H groups in total. The highest BCUT2D eigenvalue weighted by atomic mass is 32.1. The summed E-state index contributed by atoms with van der Waals surface area (Å²) in [5.41, 5.74) is 0.845. The second kappa shape index (κ2) is 3.60. The predicted molar refractivity (Wildman–Crippen MR) is 48.9 cm³/mol. The number of hydrogen-bond donors (Lipinski definition) is 2. The first-order valence-corrected chi connectivity index (χ1v) is 3.78. The largest absolute Gasteiger partial charge is 0.384 e. The molecule has 1 unspecified atom stereocenters. The zero-order chi connectivity index (χ0) is 8.27. The number of thiol groups is 1. The van der Waals surface area contributed by atoms with Gasteiger partial charge in [0.15, 0.2) is 0 Å². The predicted octanol–water partition coefficient (Wildman–Crippen LogP) is 2.19. The van der Waals surface area contributed by atoms with Crippen LogP contribution in [0.15, 0.2) is 41.8 Å². The maximum Gasteiger partial charge on any atom is 0.0969 e. The van der Waals surface area contributed by atoms with Crippen LogP contribution in [0.3, 0.4) is 0 Å². The molecule has 0 aliphatic rings. The van der Waals surface area contributed by atoms with E-state index in [2.05, 4.69) is 19.2 Å². The molecule has 0 aliphatic heterocycles. The van der Waals surface area contributed by atoms with Crippen LogP contribution < -0.4 is 0 Å². The molecule has 0 saturated carbocycles. The lowest BCUT2D eigenvalue weighted by molar-refractivity contribution is 0.229. The number of aliphatic hydroxyl groups excluding tert-OH is 1. The molecule has 1 rings (SSSR count). The van der Waals surface area contributed by atoms with E-state index in [0.717, 1.165) is 10.5 Å². The zero-order valence-electron chi connectivity index (χ0n) is 6.07. The van der Waals surface area contributed by atoms with Gasteiger partial charge in [0.25, 0.3) is 0 Å². The molecule has 0 aromatic heterocycles. The topological polar surface area (TPSA) is 20.2 Å². The lowest BCUT2D eigenvalue weighted by Crippen LogP contribution is -1.90. The Hall–Kier alpha value is -0.730. The molecule has 1 aromatic rings. The van der Waals surface area contributed by atoms with E-state index in [1.54, 1.807) is 0 Å². The van der Waals surface area contributed by atoms with Crippen LogP contribution in [0.5, 0.6) is 0 Å². The quantitative estimate of drug-likeness (QED) is 0.510. The molecule has 0 radical (unpaired) electrons. The van der Waals surface area contributed by atoms with Gasteiger partial charge in [0, 0.05) is 4.90 Å². The summed E-state index contributed by atoms with van der Waals surface area (Å²) < 4.78 is 0. The smallest absolute Gasteiger partial charge is 0.0969 e. The van der Waals surface area contributed by atoms with Gasteiger partial charge in [-0.1, -0.05) is 18.2 Å². The highest BCUT2D eigenvalue weighted by Gasteiger charge is 1.99. The monoisotopic (exact) mass is 166 g/mol. The van der Waals surface area contributed by atoms with Gasteiger partial charge < -0.3 is 5.11 Å². The second-order valence-electron chi connectivity index (χ2n) is 2.27.